The van der Waals surface area contributed by atoms with E-state index < -0.39 is 0 Å². The van der Waals surface area contributed by atoms with E-state index >= 15 is 0 Å². The average Bonchev–Trinajstić information content (AvgIpc) is 2.33. The quantitative estimate of drug-likeness (QED) is 0.564. The Morgan fingerprint density at radius 2 is 1.61 bits per heavy atom. The zero-order chi connectivity index (χ0) is 14.0. The van der Waals surface area contributed by atoms with E-state index in [1.165, 1.54) is 32.2 Å². The molecule has 0 spiro atoms. The predicted octanol–water partition coefficient (Wildman–Crippen LogP) is 3.91. The Labute approximate surface area is 116 Å². The fourth-order valence-corrected chi connectivity index (χ4v) is 2.48. The molecule has 0 aliphatic rings. The van der Waals surface area contributed by atoms with Crippen molar-refractivity contribution in [2.75, 3.05) is 19.6 Å². The Bertz CT molecular complexity index is 180. The van der Waals surface area contributed by atoms with Gasteiger partial charge in [0, 0.05) is 12.1 Å². The highest BCUT2D eigenvalue weighted by Crippen LogP contribution is 2.15. The summed E-state index contributed by atoms with van der Waals surface area (Å²) in [6, 6.07) is 1.33. The molecule has 0 fully saturated rings. The van der Waals surface area contributed by atoms with Crippen LogP contribution in [0, 0.1) is 5.92 Å². The smallest absolute Gasteiger partial charge is 0.0107 e. The van der Waals surface area contributed by atoms with E-state index in [1.54, 1.807) is 0 Å². The van der Waals surface area contributed by atoms with Gasteiger partial charge in [0.25, 0.3) is 0 Å². The van der Waals surface area contributed by atoms with Crippen molar-refractivity contribution in [3.63, 3.8) is 0 Å². The van der Waals surface area contributed by atoms with Gasteiger partial charge in [-0.05, 0) is 59.2 Å². The van der Waals surface area contributed by atoms with Gasteiger partial charge in [-0.3, -0.25) is 4.90 Å². The van der Waals surface area contributed by atoms with Gasteiger partial charge in [0.05, 0.1) is 0 Å². The average molecular weight is 256 g/mol. The molecule has 110 valence electrons. The molecule has 0 heterocycles. The first kappa shape index (κ1) is 17.9. The molecule has 2 heteroatoms. The summed E-state index contributed by atoms with van der Waals surface area (Å²) in [4.78, 5) is 2.67. The maximum atomic E-state index is 3.55. The normalized spacial score (nSPS) is 15.3. The highest BCUT2D eigenvalue weighted by atomic mass is 15.2. The van der Waals surface area contributed by atoms with E-state index in [0.717, 1.165) is 19.0 Å². The highest BCUT2D eigenvalue weighted by Gasteiger charge is 2.21. The SMILES string of the molecule is CCCCCN(C(C)C)C(C)C(C)CNCCC. The molecule has 0 aromatic heterocycles. The van der Waals surface area contributed by atoms with Crippen LogP contribution in [0.2, 0.25) is 0 Å². The van der Waals surface area contributed by atoms with E-state index in [-0.39, 0.29) is 0 Å². The monoisotopic (exact) mass is 256 g/mol. The van der Waals surface area contributed by atoms with E-state index in [2.05, 4.69) is 51.8 Å². The standard InChI is InChI=1S/C16H36N2/c1-7-9-10-12-18(14(3)4)16(6)15(5)13-17-11-8-2/h14-17H,7-13H2,1-6H3. The van der Waals surface area contributed by atoms with Gasteiger partial charge < -0.3 is 5.32 Å². The second-order valence-corrected chi connectivity index (χ2v) is 5.96. The lowest BCUT2D eigenvalue weighted by Crippen LogP contribution is -2.45. The largest absolute Gasteiger partial charge is 0.316 e. The van der Waals surface area contributed by atoms with Crippen molar-refractivity contribution in [1.82, 2.24) is 10.2 Å². The van der Waals surface area contributed by atoms with Crippen LogP contribution < -0.4 is 5.32 Å². The van der Waals surface area contributed by atoms with Gasteiger partial charge >= 0.3 is 0 Å². The molecule has 0 saturated heterocycles. The molecule has 0 amide bonds. The van der Waals surface area contributed by atoms with Crippen molar-refractivity contribution in [1.29, 1.82) is 0 Å². The van der Waals surface area contributed by atoms with Crippen LogP contribution in [0.1, 0.15) is 67.2 Å². The molecular weight excluding hydrogens is 220 g/mol. The van der Waals surface area contributed by atoms with Crippen LogP contribution in [0.5, 0.6) is 0 Å². The second kappa shape index (κ2) is 10.8. The van der Waals surface area contributed by atoms with Crippen LogP contribution in [0.25, 0.3) is 0 Å². The molecule has 0 aliphatic carbocycles. The number of nitrogens with zero attached hydrogens (tertiary/aromatic N) is 1. The predicted molar refractivity (Wildman–Crippen MR) is 83.2 cm³/mol. The number of unbranched alkanes of at least 4 members (excludes halogenated alkanes) is 2. The van der Waals surface area contributed by atoms with Gasteiger partial charge in [-0.1, -0.05) is 33.6 Å². The molecular formula is C16H36N2. The Morgan fingerprint density at radius 3 is 2.11 bits per heavy atom. The third kappa shape index (κ3) is 7.38. The van der Waals surface area contributed by atoms with Crippen molar-refractivity contribution in [3.8, 4) is 0 Å². The summed E-state index contributed by atoms with van der Waals surface area (Å²) >= 11 is 0. The zero-order valence-electron chi connectivity index (χ0n) is 13.6. The number of rotatable bonds is 11. The van der Waals surface area contributed by atoms with Crippen LogP contribution in [-0.4, -0.2) is 36.6 Å². The third-order valence-corrected chi connectivity index (χ3v) is 3.92. The van der Waals surface area contributed by atoms with Crippen LogP contribution >= 0.6 is 0 Å². The van der Waals surface area contributed by atoms with Gasteiger partial charge in [0.1, 0.15) is 0 Å². The molecule has 2 atom stereocenters. The minimum absolute atomic E-state index is 0.658. The van der Waals surface area contributed by atoms with E-state index in [1.807, 2.05) is 0 Å². The summed E-state index contributed by atoms with van der Waals surface area (Å²) in [5, 5.41) is 3.55. The Balaban J connectivity index is 4.13. The minimum Gasteiger partial charge on any atom is -0.316 e. The molecule has 2 unspecified atom stereocenters. The fourth-order valence-electron chi connectivity index (χ4n) is 2.48. The summed E-state index contributed by atoms with van der Waals surface area (Å²) < 4.78 is 0. The Morgan fingerprint density at radius 1 is 0.944 bits per heavy atom. The lowest BCUT2D eigenvalue weighted by atomic mass is 10.00. The van der Waals surface area contributed by atoms with E-state index in [4.69, 9.17) is 0 Å². The molecule has 0 saturated carbocycles. The maximum Gasteiger partial charge on any atom is 0.0107 e. The topological polar surface area (TPSA) is 15.3 Å². The van der Waals surface area contributed by atoms with Gasteiger partial charge in [-0.2, -0.15) is 0 Å². The van der Waals surface area contributed by atoms with Crippen LogP contribution in [0.3, 0.4) is 0 Å². The zero-order valence-corrected chi connectivity index (χ0v) is 13.6. The van der Waals surface area contributed by atoms with Crippen molar-refractivity contribution in [2.45, 2.75) is 79.3 Å². The summed E-state index contributed by atoms with van der Waals surface area (Å²) in [5.74, 6) is 0.723. The summed E-state index contributed by atoms with van der Waals surface area (Å²) in [7, 11) is 0. The number of nitrogens with one attached hydrogen (secondary N) is 1. The first-order chi connectivity index (χ1) is 8.54. The van der Waals surface area contributed by atoms with E-state index in [0.29, 0.717) is 12.1 Å². The van der Waals surface area contributed by atoms with Gasteiger partial charge in [0.2, 0.25) is 0 Å². The summed E-state index contributed by atoms with van der Waals surface area (Å²) in [5.41, 5.74) is 0. The second-order valence-electron chi connectivity index (χ2n) is 5.96. The first-order valence-corrected chi connectivity index (χ1v) is 8.00. The van der Waals surface area contributed by atoms with Crippen LogP contribution in [0.4, 0.5) is 0 Å². The van der Waals surface area contributed by atoms with Gasteiger partial charge in [0.15, 0.2) is 0 Å². The minimum atomic E-state index is 0.658. The molecule has 0 aromatic carbocycles. The Hall–Kier alpha value is -0.0800. The molecule has 0 radical (unpaired) electrons. The molecule has 0 rings (SSSR count). The molecule has 0 aliphatic heterocycles. The Kier molecular flexibility index (Phi) is 10.8. The van der Waals surface area contributed by atoms with E-state index in [9.17, 15) is 0 Å². The van der Waals surface area contributed by atoms with Crippen molar-refractivity contribution in [3.05, 3.63) is 0 Å². The van der Waals surface area contributed by atoms with Crippen molar-refractivity contribution < 1.29 is 0 Å². The van der Waals surface area contributed by atoms with Gasteiger partial charge in [-0.15, -0.1) is 0 Å². The molecule has 18 heavy (non-hydrogen) atoms. The molecule has 0 aromatic rings. The van der Waals surface area contributed by atoms with Crippen molar-refractivity contribution in [2.24, 2.45) is 5.92 Å². The summed E-state index contributed by atoms with van der Waals surface area (Å²) in [6.07, 6.45) is 5.24. The van der Waals surface area contributed by atoms with Gasteiger partial charge in [-0.25, -0.2) is 0 Å². The lowest BCUT2D eigenvalue weighted by molar-refractivity contribution is 0.121. The lowest BCUT2D eigenvalue weighted by Gasteiger charge is -2.36. The first-order valence-electron chi connectivity index (χ1n) is 8.00. The fraction of sp³-hybridized carbons (Fsp3) is 1.00. The third-order valence-electron chi connectivity index (χ3n) is 3.92. The van der Waals surface area contributed by atoms with Crippen LogP contribution in [-0.2, 0) is 0 Å². The molecule has 1 N–H and O–H groups in total. The maximum absolute atomic E-state index is 3.55. The highest BCUT2D eigenvalue weighted by molar-refractivity contribution is 4.77. The molecule has 2 nitrogen and oxygen atoms in total. The number of hydrogen-bond acceptors (Lipinski definition) is 2. The molecule has 0 bridgehead atoms. The summed E-state index contributed by atoms with van der Waals surface area (Å²) in [6.45, 7) is 17.5. The van der Waals surface area contributed by atoms with Crippen molar-refractivity contribution >= 4 is 0 Å². The van der Waals surface area contributed by atoms with Crippen LogP contribution in [0.15, 0.2) is 0 Å². The number of hydrogen-bond donors (Lipinski definition) is 1.